The molecule has 0 radical (unpaired) electrons. The highest BCUT2D eigenvalue weighted by Gasteiger charge is 2.13. The monoisotopic (exact) mass is 323 g/mol. The molecule has 0 saturated heterocycles. The van der Waals surface area contributed by atoms with Crippen molar-refractivity contribution in [2.75, 3.05) is 5.88 Å². The number of carbonyl (C=O) groups excluding carboxylic acids is 1. The molecule has 1 amide bonds. The first-order valence-corrected chi connectivity index (χ1v) is 6.61. The number of alkyl halides is 1. The van der Waals surface area contributed by atoms with Gasteiger partial charge in [-0.3, -0.25) is 4.79 Å². The van der Waals surface area contributed by atoms with Crippen molar-refractivity contribution in [3.8, 4) is 0 Å². The maximum Gasteiger partial charge on any atom is 0.252 e. The molecule has 2 nitrogen and oxygen atoms in total. The van der Waals surface area contributed by atoms with E-state index in [-0.39, 0.29) is 11.9 Å². The lowest BCUT2D eigenvalue weighted by atomic mass is 10.2. The molecule has 0 fully saturated rings. The van der Waals surface area contributed by atoms with Crippen molar-refractivity contribution in [2.45, 2.75) is 19.4 Å². The molecular formula is C11H12BrCl2NO. The summed E-state index contributed by atoms with van der Waals surface area (Å²) in [7, 11) is 0. The second-order valence-corrected chi connectivity index (χ2v) is 4.96. The third kappa shape index (κ3) is 3.65. The van der Waals surface area contributed by atoms with Gasteiger partial charge in [0.25, 0.3) is 5.91 Å². The molecule has 1 aromatic carbocycles. The Kier molecular flexibility index (Phi) is 5.59. The fraction of sp³-hybridized carbons (Fsp3) is 0.364. The average molecular weight is 325 g/mol. The van der Waals surface area contributed by atoms with Crippen molar-refractivity contribution < 1.29 is 4.79 Å². The Labute approximate surface area is 113 Å². The molecule has 1 N–H and O–H groups in total. The third-order valence-electron chi connectivity index (χ3n) is 2.19. The zero-order valence-corrected chi connectivity index (χ0v) is 11.9. The molecule has 1 atom stereocenters. The first kappa shape index (κ1) is 13.8. The summed E-state index contributed by atoms with van der Waals surface area (Å²) in [6.45, 7) is 1.98. The molecule has 0 aromatic heterocycles. The summed E-state index contributed by atoms with van der Waals surface area (Å²) in [5.41, 5.74) is 0.563. The van der Waals surface area contributed by atoms with E-state index in [1.165, 1.54) is 0 Å². The van der Waals surface area contributed by atoms with Gasteiger partial charge in [0.2, 0.25) is 0 Å². The van der Waals surface area contributed by atoms with Crippen LogP contribution >= 0.6 is 39.1 Å². The van der Waals surface area contributed by atoms with Crippen LogP contribution in [0.5, 0.6) is 0 Å². The maximum atomic E-state index is 11.9. The van der Waals surface area contributed by atoms with E-state index in [1.807, 2.05) is 6.92 Å². The van der Waals surface area contributed by atoms with Crippen LogP contribution in [0.15, 0.2) is 22.7 Å². The summed E-state index contributed by atoms with van der Waals surface area (Å²) in [6, 6.07) is 5.06. The van der Waals surface area contributed by atoms with Crippen LogP contribution in [0.1, 0.15) is 23.7 Å². The summed E-state index contributed by atoms with van der Waals surface area (Å²) in [4.78, 5) is 11.9. The second-order valence-electron chi connectivity index (χ2n) is 3.36. The van der Waals surface area contributed by atoms with Gasteiger partial charge in [-0.05, 0) is 40.5 Å². The molecule has 0 saturated carbocycles. The third-order valence-corrected chi connectivity index (χ3v) is 3.45. The molecule has 0 aliphatic rings. The largest absolute Gasteiger partial charge is 0.348 e. The van der Waals surface area contributed by atoms with Crippen LogP contribution in [0.2, 0.25) is 5.02 Å². The van der Waals surface area contributed by atoms with Gasteiger partial charge in [-0.2, -0.15) is 0 Å². The average Bonchev–Trinajstić information content (AvgIpc) is 2.25. The zero-order chi connectivity index (χ0) is 12.1. The van der Waals surface area contributed by atoms with Crippen molar-refractivity contribution in [2.24, 2.45) is 0 Å². The van der Waals surface area contributed by atoms with E-state index in [4.69, 9.17) is 23.2 Å². The highest BCUT2D eigenvalue weighted by molar-refractivity contribution is 9.10. The van der Waals surface area contributed by atoms with Gasteiger partial charge in [0.1, 0.15) is 0 Å². The SMILES string of the molecule is CCC(CCl)NC(=O)c1ccc(Cl)cc1Br. The van der Waals surface area contributed by atoms with Crippen LogP contribution in [0, 0.1) is 0 Å². The van der Waals surface area contributed by atoms with E-state index in [0.717, 1.165) is 6.42 Å². The minimum Gasteiger partial charge on any atom is -0.348 e. The molecule has 5 heteroatoms. The molecule has 1 aromatic rings. The number of rotatable bonds is 4. The molecule has 1 rings (SSSR count). The minimum atomic E-state index is -0.143. The van der Waals surface area contributed by atoms with Crippen LogP contribution < -0.4 is 5.32 Å². The first-order valence-electron chi connectivity index (χ1n) is 4.90. The Balaban J connectivity index is 2.80. The Morgan fingerprint density at radius 1 is 1.56 bits per heavy atom. The van der Waals surface area contributed by atoms with Crippen LogP contribution in [-0.4, -0.2) is 17.8 Å². The molecule has 1 unspecified atom stereocenters. The fourth-order valence-corrected chi connectivity index (χ4v) is 2.34. The van der Waals surface area contributed by atoms with Gasteiger partial charge in [0.15, 0.2) is 0 Å². The fourth-order valence-electron chi connectivity index (χ4n) is 1.19. The molecular weight excluding hydrogens is 313 g/mol. The van der Waals surface area contributed by atoms with E-state index >= 15 is 0 Å². The number of hydrogen-bond acceptors (Lipinski definition) is 1. The number of hydrogen-bond donors (Lipinski definition) is 1. The quantitative estimate of drug-likeness (QED) is 0.837. The summed E-state index contributed by atoms with van der Waals surface area (Å²) in [6.07, 6.45) is 0.806. The van der Waals surface area contributed by atoms with E-state index in [2.05, 4.69) is 21.2 Å². The number of amides is 1. The number of nitrogens with one attached hydrogen (secondary N) is 1. The zero-order valence-electron chi connectivity index (χ0n) is 8.77. The van der Waals surface area contributed by atoms with Gasteiger partial charge in [0.05, 0.1) is 5.56 Å². The van der Waals surface area contributed by atoms with Crippen LogP contribution in [0.4, 0.5) is 0 Å². The lowest BCUT2D eigenvalue weighted by Gasteiger charge is -2.14. The second kappa shape index (κ2) is 6.48. The van der Waals surface area contributed by atoms with Gasteiger partial charge in [0, 0.05) is 21.4 Å². The Morgan fingerprint density at radius 3 is 2.75 bits per heavy atom. The maximum absolute atomic E-state index is 11.9. The topological polar surface area (TPSA) is 29.1 Å². The summed E-state index contributed by atoms with van der Waals surface area (Å²) < 4.78 is 0.682. The van der Waals surface area contributed by atoms with E-state index in [0.29, 0.717) is 20.9 Å². The van der Waals surface area contributed by atoms with Crippen molar-refractivity contribution in [3.05, 3.63) is 33.3 Å². The predicted octanol–water partition coefficient (Wildman–Crippen LogP) is 3.85. The van der Waals surface area contributed by atoms with Crippen molar-refractivity contribution in [1.82, 2.24) is 5.32 Å². The first-order chi connectivity index (χ1) is 7.58. The molecule has 88 valence electrons. The van der Waals surface area contributed by atoms with Crippen LogP contribution in [0.3, 0.4) is 0 Å². The summed E-state index contributed by atoms with van der Waals surface area (Å²) in [5, 5.41) is 3.44. The molecule has 0 aliphatic heterocycles. The van der Waals surface area contributed by atoms with Crippen molar-refractivity contribution in [1.29, 1.82) is 0 Å². The molecule has 0 aliphatic carbocycles. The lowest BCUT2D eigenvalue weighted by Crippen LogP contribution is -2.35. The summed E-state index contributed by atoms with van der Waals surface area (Å²) in [5.74, 6) is 0.268. The van der Waals surface area contributed by atoms with E-state index in [1.54, 1.807) is 18.2 Å². The molecule has 16 heavy (non-hydrogen) atoms. The molecule has 0 heterocycles. The van der Waals surface area contributed by atoms with Crippen LogP contribution in [-0.2, 0) is 0 Å². The lowest BCUT2D eigenvalue weighted by molar-refractivity contribution is 0.0939. The van der Waals surface area contributed by atoms with Gasteiger partial charge >= 0.3 is 0 Å². The van der Waals surface area contributed by atoms with Gasteiger partial charge in [-0.15, -0.1) is 11.6 Å². The predicted molar refractivity (Wildman–Crippen MR) is 71.4 cm³/mol. The number of benzene rings is 1. The molecule has 0 bridgehead atoms. The van der Waals surface area contributed by atoms with Gasteiger partial charge in [-0.25, -0.2) is 0 Å². The van der Waals surface area contributed by atoms with E-state index < -0.39 is 0 Å². The number of halogens is 3. The summed E-state index contributed by atoms with van der Waals surface area (Å²) >= 11 is 14.8. The highest BCUT2D eigenvalue weighted by atomic mass is 79.9. The van der Waals surface area contributed by atoms with Crippen LogP contribution in [0.25, 0.3) is 0 Å². The Bertz CT molecular complexity index is 380. The number of carbonyl (C=O) groups is 1. The smallest absolute Gasteiger partial charge is 0.252 e. The Hall–Kier alpha value is -0.250. The molecule has 0 spiro atoms. The normalized spacial score (nSPS) is 12.2. The van der Waals surface area contributed by atoms with Crippen molar-refractivity contribution in [3.63, 3.8) is 0 Å². The van der Waals surface area contributed by atoms with Gasteiger partial charge < -0.3 is 5.32 Å². The van der Waals surface area contributed by atoms with Gasteiger partial charge in [-0.1, -0.05) is 18.5 Å². The highest BCUT2D eigenvalue weighted by Crippen LogP contribution is 2.21. The van der Waals surface area contributed by atoms with Crippen molar-refractivity contribution >= 4 is 45.0 Å². The van der Waals surface area contributed by atoms with E-state index in [9.17, 15) is 4.79 Å². The standard InChI is InChI=1S/C11H12BrCl2NO/c1-2-8(6-13)15-11(16)9-4-3-7(14)5-10(9)12/h3-5,8H,2,6H2,1H3,(H,15,16). The Morgan fingerprint density at radius 2 is 2.25 bits per heavy atom. The minimum absolute atomic E-state index is 0.00301.